The quantitative estimate of drug-likeness (QED) is 0.940. The molecule has 1 aromatic heterocycles. The summed E-state index contributed by atoms with van der Waals surface area (Å²) in [6.07, 6.45) is 2.29. The number of pyridine rings is 1. The minimum atomic E-state index is -0.213. The first-order chi connectivity index (χ1) is 10.6. The van der Waals surface area contributed by atoms with Crippen molar-refractivity contribution in [3.05, 3.63) is 41.8 Å². The van der Waals surface area contributed by atoms with Crippen LogP contribution in [0.1, 0.15) is 18.9 Å². The molecule has 0 saturated heterocycles. The van der Waals surface area contributed by atoms with Crippen molar-refractivity contribution in [2.75, 3.05) is 23.4 Å². The minimum absolute atomic E-state index is 0.192. The summed E-state index contributed by atoms with van der Waals surface area (Å²) in [6, 6.07) is 7.02. The molecule has 114 valence electrons. The molecular weight excluding hydrogens is 281 g/mol. The summed E-state index contributed by atoms with van der Waals surface area (Å²) in [6.45, 7) is 4.57. The molecule has 0 unspecified atom stereocenters. The largest absolute Gasteiger partial charge is 0.351 e. The van der Waals surface area contributed by atoms with Gasteiger partial charge in [0, 0.05) is 18.2 Å². The monoisotopic (exact) mass is 299 g/mol. The Kier molecular flexibility index (Phi) is 3.79. The number of hydrogen-bond donors (Lipinski definition) is 1. The Morgan fingerprint density at radius 3 is 2.91 bits per heavy atom. The third-order valence-electron chi connectivity index (χ3n) is 3.90. The molecule has 1 N–H and O–H groups in total. The Bertz CT molecular complexity index is 730. The minimum Gasteiger partial charge on any atom is -0.351 e. The zero-order valence-corrected chi connectivity index (χ0v) is 12.7. The number of rotatable bonds is 4. The highest BCUT2D eigenvalue weighted by Gasteiger charge is 2.22. The lowest BCUT2D eigenvalue weighted by molar-refractivity contribution is -0.117. The molecule has 0 spiro atoms. The van der Waals surface area contributed by atoms with Crippen LogP contribution >= 0.6 is 0 Å². The maximum atomic E-state index is 13.4. The molecule has 0 saturated carbocycles. The molecule has 1 aliphatic heterocycles. The molecule has 22 heavy (non-hydrogen) atoms. The number of halogens is 1. The lowest BCUT2D eigenvalue weighted by Crippen LogP contribution is -2.29. The Morgan fingerprint density at radius 1 is 1.36 bits per heavy atom. The number of nitrogens with one attached hydrogen (secondary N) is 1. The highest BCUT2D eigenvalue weighted by molar-refractivity contribution is 5.87. The van der Waals surface area contributed by atoms with Gasteiger partial charge in [0.25, 0.3) is 0 Å². The predicted molar refractivity (Wildman–Crippen MR) is 85.5 cm³/mol. The van der Waals surface area contributed by atoms with Crippen molar-refractivity contribution in [3.8, 4) is 11.1 Å². The van der Waals surface area contributed by atoms with Crippen molar-refractivity contribution in [3.63, 3.8) is 0 Å². The standard InChI is InChI=1S/C17H18FN3O/c1-3-14(22)9-21-10-20-17-16(21)7-13(8-19-17)12-4-5-15(18)11(2)6-12/h4-8H,3,9-10H2,1-2H3,(H,19,20). The molecule has 0 aliphatic carbocycles. The van der Waals surface area contributed by atoms with Gasteiger partial charge in [-0.2, -0.15) is 0 Å². The molecule has 0 fully saturated rings. The van der Waals surface area contributed by atoms with Crippen LogP contribution in [0.4, 0.5) is 15.9 Å². The first-order valence-electron chi connectivity index (χ1n) is 7.35. The van der Waals surface area contributed by atoms with E-state index in [1.807, 2.05) is 24.0 Å². The van der Waals surface area contributed by atoms with Crippen molar-refractivity contribution in [1.82, 2.24) is 4.98 Å². The van der Waals surface area contributed by atoms with Gasteiger partial charge in [-0.15, -0.1) is 0 Å². The van der Waals surface area contributed by atoms with Gasteiger partial charge in [-0.25, -0.2) is 9.37 Å². The van der Waals surface area contributed by atoms with E-state index in [9.17, 15) is 9.18 Å². The average Bonchev–Trinajstić information content (AvgIpc) is 2.92. The molecule has 1 aliphatic rings. The second kappa shape index (κ2) is 5.75. The second-order valence-electron chi connectivity index (χ2n) is 5.48. The van der Waals surface area contributed by atoms with Gasteiger partial charge < -0.3 is 10.2 Å². The van der Waals surface area contributed by atoms with Crippen LogP contribution in [-0.2, 0) is 4.79 Å². The fraction of sp³-hybridized carbons (Fsp3) is 0.294. The van der Waals surface area contributed by atoms with Crippen LogP contribution < -0.4 is 10.2 Å². The van der Waals surface area contributed by atoms with Gasteiger partial charge in [0.1, 0.15) is 5.82 Å². The van der Waals surface area contributed by atoms with Gasteiger partial charge in [-0.3, -0.25) is 4.79 Å². The Labute approximate surface area is 129 Å². The number of fused-ring (bicyclic) bond motifs is 1. The van der Waals surface area contributed by atoms with Crippen LogP contribution in [0.15, 0.2) is 30.5 Å². The van der Waals surface area contributed by atoms with Crippen molar-refractivity contribution < 1.29 is 9.18 Å². The molecule has 2 aromatic rings. The number of aromatic nitrogens is 1. The van der Waals surface area contributed by atoms with E-state index in [1.54, 1.807) is 19.2 Å². The number of carbonyl (C=O) groups is 1. The number of ketones is 1. The highest BCUT2D eigenvalue weighted by atomic mass is 19.1. The van der Waals surface area contributed by atoms with Gasteiger partial charge in [0.15, 0.2) is 11.6 Å². The van der Waals surface area contributed by atoms with Gasteiger partial charge >= 0.3 is 0 Å². The number of aryl methyl sites for hydroxylation is 1. The Balaban J connectivity index is 1.94. The lowest BCUT2D eigenvalue weighted by atomic mass is 10.0. The smallest absolute Gasteiger partial charge is 0.151 e. The van der Waals surface area contributed by atoms with Crippen LogP contribution in [-0.4, -0.2) is 24.0 Å². The van der Waals surface area contributed by atoms with Crippen LogP contribution in [0.5, 0.6) is 0 Å². The molecule has 0 bridgehead atoms. The molecular formula is C17H18FN3O. The molecule has 3 rings (SSSR count). The predicted octanol–water partition coefficient (Wildman–Crippen LogP) is 3.36. The first-order valence-corrected chi connectivity index (χ1v) is 7.35. The molecule has 0 atom stereocenters. The van der Waals surface area contributed by atoms with E-state index in [-0.39, 0.29) is 11.6 Å². The van der Waals surface area contributed by atoms with E-state index in [1.165, 1.54) is 6.07 Å². The number of nitrogens with zero attached hydrogens (tertiary/aromatic N) is 2. The van der Waals surface area contributed by atoms with Gasteiger partial charge in [-0.1, -0.05) is 13.0 Å². The van der Waals surface area contributed by atoms with Crippen molar-refractivity contribution >= 4 is 17.3 Å². The van der Waals surface area contributed by atoms with E-state index >= 15 is 0 Å². The molecule has 4 nitrogen and oxygen atoms in total. The molecule has 0 amide bonds. The summed E-state index contributed by atoms with van der Waals surface area (Å²) in [5, 5.41) is 3.18. The number of benzene rings is 1. The maximum Gasteiger partial charge on any atom is 0.151 e. The summed E-state index contributed by atoms with van der Waals surface area (Å²) < 4.78 is 13.4. The van der Waals surface area contributed by atoms with E-state index in [0.29, 0.717) is 25.2 Å². The fourth-order valence-electron chi connectivity index (χ4n) is 2.53. The van der Waals surface area contributed by atoms with E-state index in [4.69, 9.17) is 0 Å². The summed E-state index contributed by atoms with van der Waals surface area (Å²) in [7, 11) is 0. The number of hydrogen-bond acceptors (Lipinski definition) is 4. The number of carbonyl (C=O) groups excluding carboxylic acids is 1. The second-order valence-corrected chi connectivity index (χ2v) is 5.48. The Morgan fingerprint density at radius 2 is 2.18 bits per heavy atom. The van der Waals surface area contributed by atoms with Gasteiger partial charge in [0.05, 0.1) is 18.9 Å². The van der Waals surface area contributed by atoms with Crippen molar-refractivity contribution in [2.45, 2.75) is 20.3 Å². The summed E-state index contributed by atoms with van der Waals surface area (Å²) in [5.41, 5.74) is 3.36. The molecule has 1 aromatic carbocycles. The molecule has 0 radical (unpaired) electrons. The van der Waals surface area contributed by atoms with Crippen LogP contribution in [0.2, 0.25) is 0 Å². The lowest BCUT2D eigenvalue weighted by Gasteiger charge is -2.16. The zero-order valence-electron chi connectivity index (χ0n) is 12.7. The maximum absolute atomic E-state index is 13.4. The summed E-state index contributed by atoms with van der Waals surface area (Å²) in [5.74, 6) is 0.763. The average molecular weight is 299 g/mol. The first kappa shape index (κ1) is 14.5. The molecule has 2 heterocycles. The Hall–Kier alpha value is -2.43. The summed E-state index contributed by atoms with van der Waals surface area (Å²) >= 11 is 0. The third-order valence-corrected chi connectivity index (χ3v) is 3.90. The number of anilines is 2. The van der Waals surface area contributed by atoms with Gasteiger partial charge in [-0.05, 0) is 36.2 Å². The van der Waals surface area contributed by atoms with Crippen molar-refractivity contribution in [2.24, 2.45) is 0 Å². The van der Waals surface area contributed by atoms with Crippen LogP contribution in [0.25, 0.3) is 11.1 Å². The SMILES string of the molecule is CCC(=O)CN1CNc2ncc(-c3ccc(F)c(C)c3)cc21. The molecule has 5 heteroatoms. The summed E-state index contributed by atoms with van der Waals surface area (Å²) in [4.78, 5) is 18.1. The van der Waals surface area contributed by atoms with Crippen LogP contribution in [0, 0.1) is 12.7 Å². The fourth-order valence-corrected chi connectivity index (χ4v) is 2.53. The normalized spacial score (nSPS) is 13.0. The topological polar surface area (TPSA) is 45.2 Å². The van der Waals surface area contributed by atoms with Crippen molar-refractivity contribution in [1.29, 1.82) is 0 Å². The number of Topliss-reactive ketones (excluding diaryl/α,β-unsaturated/α-hetero) is 1. The van der Waals surface area contributed by atoms with E-state index < -0.39 is 0 Å². The zero-order chi connectivity index (χ0) is 15.7. The highest BCUT2D eigenvalue weighted by Crippen LogP contribution is 2.33. The van der Waals surface area contributed by atoms with Gasteiger partial charge in [0.2, 0.25) is 0 Å². The van der Waals surface area contributed by atoms with E-state index in [2.05, 4.69) is 10.3 Å². The van der Waals surface area contributed by atoms with Crippen LogP contribution in [0.3, 0.4) is 0 Å². The third kappa shape index (κ3) is 2.66. The van der Waals surface area contributed by atoms with E-state index in [0.717, 1.165) is 22.6 Å².